The van der Waals surface area contributed by atoms with Crippen molar-refractivity contribution in [1.82, 2.24) is 0 Å². The van der Waals surface area contributed by atoms with Gasteiger partial charge in [-0.15, -0.1) is 0 Å². The van der Waals surface area contributed by atoms with Crippen molar-refractivity contribution in [3.05, 3.63) is 21.1 Å². The lowest BCUT2D eigenvalue weighted by molar-refractivity contribution is 0.357. The van der Waals surface area contributed by atoms with Crippen molar-refractivity contribution in [2.75, 3.05) is 12.3 Å². The Kier molecular flexibility index (Phi) is 1.93. The third kappa shape index (κ3) is 1.08. The summed E-state index contributed by atoms with van der Waals surface area (Å²) in [7, 11) is 0. The van der Waals surface area contributed by atoms with Crippen LogP contribution in [0.4, 0.5) is 5.69 Å². The Labute approximate surface area is 83.8 Å². The molecule has 1 aromatic rings. The van der Waals surface area contributed by atoms with Gasteiger partial charge in [-0.25, -0.2) is 0 Å². The Balaban J connectivity index is 2.67. The van der Waals surface area contributed by atoms with Gasteiger partial charge in [0.1, 0.15) is 5.75 Å². The summed E-state index contributed by atoms with van der Waals surface area (Å²) in [6.45, 7) is 0.716. The number of hydrogen-bond acceptors (Lipinski definition) is 2. The van der Waals surface area contributed by atoms with Crippen molar-refractivity contribution in [2.24, 2.45) is 0 Å². The molecule has 0 atom stereocenters. The van der Waals surface area contributed by atoms with E-state index in [-0.39, 0.29) is 0 Å². The second-order valence-electron chi connectivity index (χ2n) is 2.66. The molecule has 0 aliphatic carbocycles. The van der Waals surface area contributed by atoms with Crippen molar-refractivity contribution in [3.8, 4) is 5.75 Å². The normalized spacial score (nSPS) is 14.2. The van der Waals surface area contributed by atoms with Gasteiger partial charge >= 0.3 is 0 Å². The van der Waals surface area contributed by atoms with E-state index in [0.717, 1.165) is 22.2 Å². The minimum atomic E-state index is 0.544. The predicted molar refractivity (Wildman–Crippen MR) is 52.8 cm³/mol. The highest BCUT2D eigenvalue weighted by Gasteiger charge is 2.18. The molecule has 1 aromatic carbocycles. The Morgan fingerprint density at radius 2 is 2.33 bits per heavy atom. The van der Waals surface area contributed by atoms with E-state index in [2.05, 4.69) is 15.9 Å². The number of nitrogens with two attached hydrogens (primary N) is 1. The van der Waals surface area contributed by atoms with Crippen LogP contribution in [0, 0.1) is 0 Å². The maximum Gasteiger partial charge on any atom is 0.125 e. The molecule has 2 rings (SSSR count). The Morgan fingerprint density at radius 1 is 1.58 bits per heavy atom. The zero-order valence-electron chi connectivity index (χ0n) is 6.23. The van der Waals surface area contributed by atoms with Gasteiger partial charge in [0, 0.05) is 22.5 Å². The summed E-state index contributed by atoms with van der Waals surface area (Å²) >= 11 is 9.26. The fourth-order valence-corrected chi connectivity index (χ4v) is 2.20. The molecule has 4 heteroatoms. The van der Waals surface area contributed by atoms with E-state index in [4.69, 9.17) is 22.1 Å². The number of rotatable bonds is 0. The second kappa shape index (κ2) is 2.82. The molecule has 0 saturated heterocycles. The molecular weight excluding hydrogens is 241 g/mol. The van der Waals surface area contributed by atoms with Crippen LogP contribution < -0.4 is 10.5 Å². The molecule has 0 unspecified atom stereocenters. The first kappa shape index (κ1) is 8.20. The zero-order chi connectivity index (χ0) is 8.72. The summed E-state index contributed by atoms with van der Waals surface area (Å²) in [6.07, 6.45) is 0.900. The van der Waals surface area contributed by atoms with E-state index < -0.39 is 0 Å². The van der Waals surface area contributed by atoms with Crippen molar-refractivity contribution in [2.45, 2.75) is 6.42 Å². The first-order valence-corrected chi connectivity index (χ1v) is 4.76. The fraction of sp³-hybridized carbons (Fsp3) is 0.250. The number of halogens is 2. The number of nitrogen functional groups attached to an aromatic ring is 1. The van der Waals surface area contributed by atoms with Gasteiger partial charge in [0.15, 0.2) is 0 Å². The van der Waals surface area contributed by atoms with Gasteiger partial charge in [0.25, 0.3) is 0 Å². The van der Waals surface area contributed by atoms with Gasteiger partial charge in [-0.3, -0.25) is 0 Å². The molecule has 1 aliphatic heterocycles. The van der Waals surface area contributed by atoms with Crippen LogP contribution >= 0.6 is 27.5 Å². The average Bonchev–Trinajstić information content (AvgIpc) is 2.48. The molecular formula is C8H7BrClNO. The summed E-state index contributed by atoms with van der Waals surface area (Å²) in [5, 5.41) is 0.544. The molecule has 0 fully saturated rings. The molecule has 12 heavy (non-hydrogen) atoms. The SMILES string of the molecule is Nc1c(Cl)cc2c(c1Br)CCO2. The minimum Gasteiger partial charge on any atom is -0.493 e. The Morgan fingerprint density at radius 3 is 3.08 bits per heavy atom. The van der Waals surface area contributed by atoms with Gasteiger partial charge in [0.05, 0.1) is 17.3 Å². The molecule has 0 radical (unpaired) electrons. The van der Waals surface area contributed by atoms with E-state index in [1.54, 1.807) is 6.07 Å². The summed E-state index contributed by atoms with van der Waals surface area (Å²) in [4.78, 5) is 0. The van der Waals surface area contributed by atoms with E-state index in [1.165, 1.54) is 0 Å². The lowest BCUT2D eigenvalue weighted by Crippen LogP contribution is -1.91. The van der Waals surface area contributed by atoms with Crippen molar-refractivity contribution in [1.29, 1.82) is 0 Å². The molecule has 0 amide bonds. The third-order valence-corrected chi connectivity index (χ3v) is 3.14. The molecule has 1 aliphatic rings. The first-order valence-electron chi connectivity index (χ1n) is 3.59. The highest BCUT2D eigenvalue weighted by Crippen LogP contribution is 2.40. The smallest absolute Gasteiger partial charge is 0.125 e. The highest BCUT2D eigenvalue weighted by atomic mass is 79.9. The Bertz CT molecular complexity index is 340. The maximum atomic E-state index is 5.86. The summed E-state index contributed by atoms with van der Waals surface area (Å²) in [5.74, 6) is 0.848. The number of benzene rings is 1. The topological polar surface area (TPSA) is 35.2 Å². The number of anilines is 1. The van der Waals surface area contributed by atoms with Gasteiger partial charge < -0.3 is 10.5 Å². The largest absolute Gasteiger partial charge is 0.493 e. The zero-order valence-corrected chi connectivity index (χ0v) is 8.58. The summed E-state index contributed by atoms with van der Waals surface area (Å²) in [6, 6.07) is 1.77. The van der Waals surface area contributed by atoms with Crippen LogP contribution in [0.1, 0.15) is 5.56 Å². The number of hydrogen-bond donors (Lipinski definition) is 1. The first-order chi connectivity index (χ1) is 5.70. The maximum absolute atomic E-state index is 5.86. The van der Waals surface area contributed by atoms with Crippen LogP contribution in [-0.4, -0.2) is 6.61 Å². The van der Waals surface area contributed by atoms with Crippen molar-refractivity contribution < 1.29 is 4.74 Å². The average molecular weight is 249 g/mol. The summed E-state index contributed by atoms with van der Waals surface area (Å²) in [5.41, 5.74) is 7.44. The van der Waals surface area contributed by atoms with Crippen LogP contribution in [0.25, 0.3) is 0 Å². The second-order valence-corrected chi connectivity index (χ2v) is 3.86. The summed E-state index contributed by atoms with van der Waals surface area (Å²) < 4.78 is 6.22. The Hall–Kier alpha value is -0.410. The minimum absolute atomic E-state index is 0.544. The van der Waals surface area contributed by atoms with Gasteiger partial charge in [-0.2, -0.15) is 0 Å². The quantitative estimate of drug-likeness (QED) is 0.716. The van der Waals surface area contributed by atoms with Gasteiger partial charge in [0.2, 0.25) is 0 Å². The lowest BCUT2D eigenvalue weighted by Gasteiger charge is -2.05. The van der Waals surface area contributed by atoms with Gasteiger partial charge in [-0.1, -0.05) is 11.6 Å². The van der Waals surface area contributed by atoms with Crippen LogP contribution in [0.5, 0.6) is 5.75 Å². The fourth-order valence-electron chi connectivity index (χ4n) is 1.28. The van der Waals surface area contributed by atoms with Crippen LogP contribution in [0.15, 0.2) is 10.5 Å². The standard InChI is InChI=1S/C8H7BrClNO/c9-7-4-1-2-12-6(4)3-5(10)8(7)11/h3H,1-2,11H2. The van der Waals surface area contributed by atoms with Crippen LogP contribution in [-0.2, 0) is 6.42 Å². The van der Waals surface area contributed by atoms with Crippen LogP contribution in [0.2, 0.25) is 5.02 Å². The van der Waals surface area contributed by atoms with E-state index in [9.17, 15) is 0 Å². The van der Waals surface area contributed by atoms with Crippen molar-refractivity contribution in [3.63, 3.8) is 0 Å². The van der Waals surface area contributed by atoms with Crippen molar-refractivity contribution >= 4 is 33.2 Å². The molecule has 0 spiro atoms. The van der Waals surface area contributed by atoms with E-state index in [1.807, 2.05) is 0 Å². The lowest BCUT2D eigenvalue weighted by atomic mass is 10.1. The molecule has 0 saturated carbocycles. The molecule has 1 heterocycles. The van der Waals surface area contributed by atoms with E-state index in [0.29, 0.717) is 17.3 Å². The molecule has 64 valence electrons. The number of fused-ring (bicyclic) bond motifs is 1. The molecule has 2 N–H and O–H groups in total. The number of ether oxygens (including phenoxy) is 1. The highest BCUT2D eigenvalue weighted by molar-refractivity contribution is 9.10. The third-order valence-electron chi connectivity index (χ3n) is 1.92. The molecule has 2 nitrogen and oxygen atoms in total. The monoisotopic (exact) mass is 247 g/mol. The van der Waals surface area contributed by atoms with Gasteiger partial charge in [-0.05, 0) is 15.9 Å². The molecule has 0 bridgehead atoms. The predicted octanol–water partition coefficient (Wildman–Crippen LogP) is 2.62. The van der Waals surface area contributed by atoms with Crippen LogP contribution in [0.3, 0.4) is 0 Å². The molecule has 0 aromatic heterocycles. The van der Waals surface area contributed by atoms with E-state index >= 15 is 0 Å².